The molecule has 0 bridgehead atoms. The Morgan fingerprint density at radius 1 is 0.941 bits per heavy atom. The number of alkyl carbamates (subject to hydrolysis) is 1. The fourth-order valence-electron chi connectivity index (χ4n) is 3.02. The largest absolute Gasteiger partial charge is 0.467 e. The highest BCUT2D eigenvalue weighted by Crippen LogP contribution is 2.24. The number of aromatic nitrogens is 1. The number of benzene rings is 2. The highest BCUT2D eigenvalue weighted by Gasteiger charge is 2.23. The van der Waals surface area contributed by atoms with Crippen LogP contribution in [0, 0.1) is 0 Å². The summed E-state index contributed by atoms with van der Waals surface area (Å²) in [4.78, 5) is 40.7. The van der Waals surface area contributed by atoms with Crippen LogP contribution in [-0.2, 0) is 27.3 Å². The summed E-state index contributed by atoms with van der Waals surface area (Å²) in [6.07, 6.45) is 2.07. The third-order valence-electron chi connectivity index (χ3n) is 4.72. The Morgan fingerprint density at radius 3 is 2.21 bits per heavy atom. The predicted molar refractivity (Wildman–Crippen MR) is 128 cm³/mol. The molecule has 2 N–H and O–H groups in total. The van der Waals surface area contributed by atoms with Crippen LogP contribution in [0.5, 0.6) is 0 Å². The number of nitrogens with one attached hydrogen (secondary N) is 2. The summed E-state index contributed by atoms with van der Waals surface area (Å²) in [5.74, 6) is -1.10. The van der Waals surface area contributed by atoms with Gasteiger partial charge < -0.3 is 20.1 Å². The Balaban J connectivity index is 1.60. The lowest BCUT2D eigenvalue weighted by Gasteiger charge is -2.17. The number of hydrogen-bond donors (Lipinski definition) is 2. The van der Waals surface area contributed by atoms with Crippen molar-refractivity contribution in [2.45, 2.75) is 19.1 Å². The Kier molecular flexibility index (Phi) is 8.84. The smallest absolute Gasteiger partial charge is 0.408 e. The molecular formula is C24H21Cl2N3O5. The number of hydrogen-bond acceptors (Lipinski definition) is 6. The van der Waals surface area contributed by atoms with Gasteiger partial charge in [0.25, 0.3) is 5.91 Å². The van der Waals surface area contributed by atoms with Gasteiger partial charge in [0.2, 0.25) is 0 Å². The summed E-state index contributed by atoms with van der Waals surface area (Å²) in [7, 11) is 1.24. The van der Waals surface area contributed by atoms with Gasteiger partial charge in [0.15, 0.2) is 0 Å². The molecule has 2 aromatic carbocycles. The van der Waals surface area contributed by atoms with Crippen molar-refractivity contribution in [1.29, 1.82) is 0 Å². The fourth-order valence-corrected chi connectivity index (χ4v) is 3.56. The number of ether oxygens (including phenoxy) is 2. The van der Waals surface area contributed by atoms with Gasteiger partial charge in [-0.2, -0.15) is 0 Å². The first-order chi connectivity index (χ1) is 16.4. The standard InChI is InChI=1S/C24H21Cl2N3O5/c1-33-23(31)20(29-24(32)34-14-16-5-3-2-4-6-16)11-15-7-9-17(10-8-15)28-22(30)21-18(25)12-27-13-19(21)26/h2-10,12-13,20H,11,14H2,1H3,(H,28,30)(H,29,32)/t20-/m0/s1. The highest BCUT2D eigenvalue weighted by molar-refractivity contribution is 6.40. The van der Waals surface area contributed by atoms with Gasteiger partial charge in [0, 0.05) is 24.5 Å². The van der Waals surface area contributed by atoms with Crippen molar-refractivity contribution in [1.82, 2.24) is 10.3 Å². The monoisotopic (exact) mass is 501 g/mol. The minimum absolute atomic E-state index is 0.0699. The molecule has 0 aliphatic rings. The first-order valence-electron chi connectivity index (χ1n) is 10.1. The molecule has 0 saturated heterocycles. The molecule has 0 fully saturated rings. The first kappa shape index (κ1) is 25.0. The van der Waals surface area contributed by atoms with E-state index in [1.54, 1.807) is 24.3 Å². The fraction of sp³-hybridized carbons (Fsp3) is 0.167. The lowest BCUT2D eigenvalue weighted by Crippen LogP contribution is -2.43. The molecule has 0 saturated carbocycles. The summed E-state index contributed by atoms with van der Waals surface area (Å²) >= 11 is 12.0. The number of carbonyl (C=O) groups is 3. The van der Waals surface area contributed by atoms with Crippen molar-refractivity contribution >= 4 is 46.9 Å². The van der Waals surface area contributed by atoms with E-state index in [4.69, 9.17) is 32.7 Å². The topological polar surface area (TPSA) is 107 Å². The van der Waals surface area contributed by atoms with Crippen LogP contribution >= 0.6 is 23.2 Å². The summed E-state index contributed by atoms with van der Waals surface area (Å²) in [5.41, 5.74) is 2.14. The second-order valence-electron chi connectivity index (χ2n) is 7.12. The second-order valence-corrected chi connectivity index (χ2v) is 7.93. The van der Waals surface area contributed by atoms with Crippen LogP contribution in [0.25, 0.3) is 0 Å². The molecule has 3 rings (SSSR count). The Hall–Kier alpha value is -3.62. The zero-order valence-electron chi connectivity index (χ0n) is 18.1. The van der Waals surface area contributed by atoms with E-state index >= 15 is 0 Å². The number of esters is 1. The van der Waals surface area contributed by atoms with E-state index in [0.29, 0.717) is 5.69 Å². The van der Waals surface area contributed by atoms with Gasteiger partial charge in [-0.15, -0.1) is 0 Å². The lowest BCUT2D eigenvalue weighted by molar-refractivity contribution is -0.143. The molecule has 8 nitrogen and oxygen atoms in total. The van der Waals surface area contributed by atoms with Gasteiger partial charge in [-0.3, -0.25) is 9.78 Å². The van der Waals surface area contributed by atoms with Crippen LogP contribution in [-0.4, -0.2) is 36.1 Å². The van der Waals surface area contributed by atoms with E-state index in [0.717, 1.165) is 11.1 Å². The van der Waals surface area contributed by atoms with E-state index in [9.17, 15) is 14.4 Å². The number of rotatable bonds is 8. The molecule has 0 radical (unpaired) electrons. The van der Waals surface area contributed by atoms with Gasteiger partial charge in [0.1, 0.15) is 12.6 Å². The normalized spacial score (nSPS) is 11.3. The third-order valence-corrected chi connectivity index (χ3v) is 5.30. The third kappa shape index (κ3) is 6.94. The van der Waals surface area contributed by atoms with Gasteiger partial charge in [-0.05, 0) is 23.3 Å². The molecule has 34 heavy (non-hydrogen) atoms. The van der Waals surface area contributed by atoms with Gasteiger partial charge in [0.05, 0.1) is 22.7 Å². The molecule has 0 aliphatic heterocycles. The number of anilines is 1. The molecule has 0 aliphatic carbocycles. The van der Waals surface area contributed by atoms with Crippen LogP contribution in [0.2, 0.25) is 10.0 Å². The minimum Gasteiger partial charge on any atom is -0.467 e. The molecule has 10 heteroatoms. The van der Waals surface area contributed by atoms with Crippen molar-refractivity contribution in [3.63, 3.8) is 0 Å². The van der Waals surface area contributed by atoms with Gasteiger partial charge in [-0.25, -0.2) is 9.59 Å². The average molecular weight is 502 g/mol. The molecule has 0 spiro atoms. The molecule has 1 aromatic heterocycles. The van der Waals surface area contributed by atoms with Gasteiger partial charge in [-0.1, -0.05) is 65.7 Å². The molecule has 176 valence electrons. The summed E-state index contributed by atoms with van der Waals surface area (Å²) in [6, 6.07) is 14.9. The molecule has 3 aromatic rings. The first-order valence-corrected chi connectivity index (χ1v) is 10.9. The van der Waals surface area contributed by atoms with Crippen molar-refractivity contribution in [3.05, 3.63) is 93.7 Å². The maximum absolute atomic E-state index is 12.5. The molecule has 2 amide bonds. The van der Waals surface area contributed by atoms with Crippen molar-refractivity contribution in [2.24, 2.45) is 0 Å². The lowest BCUT2D eigenvalue weighted by atomic mass is 10.1. The van der Waals surface area contributed by atoms with E-state index in [1.165, 1.54) is 19.5 Å². The van der Waals surface area contributed by atoms with E-state index < -0.39 is 24.0 Å². The number of pyridine rings is 1. The van der Waals surface area contributed by atoms with Crippen LogP contribution in [0.1, 0.15) is 21.5 Å². The number of nitrogens with zero attached hydrogens (tertiary/aromatic N) is 1. The quantitative estimate of drug-likeness (QED) is 0.435. The van der Waals surface area contributed by atoms with Crippen molar-refractivity contribution in [3.8, 4) is 0 Å². The summed E-state index contributed by atoms with van der Waals surface area (Å²) < 4.78 is 9.98. The Labute approximate surface area is 206 Å². The van der Waals surface area contributed by atoms with Crippen LogP contribution < -0.4 is 10.6 Å². The van der Waals surface area contributed by atoms with Crippen molar-refractivity contribution in [2.75, 3.05) is 12.4 Å². The predicted octanol–water partition coefficient (Wildman–Crippen LogP) is 4.65. The van der Waals surface area contributed by atoms with Crippen molar-refractivity contribution < 1.29 is 23.9 Å². The minimum atomic E-state index is -0.955. The average Bonchev–Trinajstić information content (AvgIpc) is 2.83. The Morgan fingerprint density at radius 2 is 1.59 bits per heavy atom. The van der Waals surface area contributed by atoms with Gasteiger partial charge >= 0.3 is 12.1 Å². The van der Waals surface area contributed by atoms with E-state index in [1.807, 2.05) is 30.3 Å². The van der Waals surface area contributed by atoms with E-state index in [-0.39, 0.29) is 28.6 Å². The van der Waals surface area contributed by atoms with E-state index in [2.05, 4.69) is 15.6 Å². The van der Waals surface area contributed by atoms with Crippen LogP contribution in [0.4, 0.5) is 10.5 Å². The number of carbonyl (C=O) groups excluding carboxylic acids is 3. The van der Waals surface area contributed by atoms with Crippen LogP contribution in [0.15, 0.2) is 67.0 Å². The number of methoxy groups -OCH3 is 1. The van der Waals surface area contributed by atoms with Crippen LogP contribution in [0.3, 0.4) is 0 Å². The molecule has 1 atom stereocenters. The maximum Gasteiger partial charge on any atom is 0.408 e. The zero-order valence-corrected chi connectivity index (χ0v) is 19.6. The summed E-state index contributed by atoms with van der Waals surface area (Å²) in [5, 5.41) is 5.49. The number of amides is 2. The SMILES string of the molecule is COC(=O)[C@H](Cc1ccc(NC(=O)c2c(Cl)cncc2Cl)cc1)NC(=O)OCc1ccccc1. The zero-order chi connectivity index (χ0) is 24.5. The maximum atomic E-state index is 12.5. The highest BCUT2D eigenvalue weighted by atomic mass is 35.5. The second kappa shape index (κ2) is 12.0. The molecule has 0 unspecified atom stereocenters. The number of halogens is 2. The molecule has 1 heterocycles. The Bertz CT molecular complexity index is 1140. The molecular weight excluding hydrogens is 481 g/mol. The summed E-state index contributed by atoms with van der Waals surface area (Å²) in [6.45, 7) is 0.0699.